The van der Waals surface area contributed by atoms with E-state index < -0.39 is 40.7 Å². The maximum absolute atomic E-state index is 13.8. The fraction of sp³-hybridized carbons (Fsp3) is 0.480. The molecule has 1 aromatic carbocycles. The summed E-state index contributed by atoms with van der Waals surface area (Å²) in [5.74, 6) is -1.75. The van der Waals surface area contributed by atoms with Crippen LogP contribution < -0.4 is 5.56 Å². The SMILES string of the molecule is COCCN1C(=O)c2c3c(c(O)c(=O)n2C12CC[C@@H]1C[C@@H]12)C(=O)N(Cc1ccc(F)cc1)CC3O. The van der Waals surface area contributed by atoms with Gasteiger partial charge in [0.2, 0.25) is 0 Å². The Morgan fingerprint density at radius 1 is 1.17 bits per heavy atom. The van der Waals surface area contributed by atoms with E-state index >= 15 is 0 Å². The number of benzene rings is 1. The third kappa shape index (κ3) is 2.96. The molecule has 1 aromatic heterocycles. The molecule has 9 nitrogen and oxygen atoms in total. The predicted molar refractivity (Wildman–Crippen MR) is 120 cm³/mol. The van der Waals surface area contributed by atoms with E-state index in [9.17, 15) is 29.0 Å². The van der Waals surface area contributed by atoms with Crippen LogP contribution in [0.1, 0.15) is 57.3 Å². The lowest BCUT2D eigenvalue weighted by Crippen LogP contribution is -2.51. The number of carbonyl (C=O) groups is 2. The summed E-state index contributed by atoms with van der Waals surface area (Å²) in [5.41, 5.74) is -1.40. The molecule has 2 N–H and O–H groups in total. The zero-order chi connectivity index (χ0) is 24.6. The fourth-order valence-corrected chi connectivity index (χ4v) is 6.52. The van der Waals surface area contributed by atoms with Crippen molar-refractivity contribution in [2.45, 2.75) is 37.6 Å². The molecule has 2 aliphatic carbocycles. The molecule has 4 atom stereocenters. The lowest BCUT2D eigenvalue weighted by molar-refractivity contribution is 0.0137. The summed E-state index contributed by atoms with van der Waals surface area (Å²) in [6.45, 7) is 0.456. The van der Waals surface area contributed by atoms with Gasteiger partial charge in [-0.1, -0.05) is 12.1 Å². The van der Waals surface area contributed by atoms with Gasteiger partial charge in [-0.3, -0.25) is 19.0 Å². The number of rotatable bonds is 5. The van der Waals surface area contributed by atoms with Crippen LogP contribution in [-0.4, -0.2) is 63.2 Å². The van der Waals surface area contributed by atoms with Crippen molar-refractivity contribution >= 4 is 11.8 Å². The summed E-state index contributed by atoms with van der Waals surface area (Å²) in [7, 11) is 1.53. The predicted octanol–water partition coefficient (Wildman–Crippen LogP) is 1.57. The van der Waals surface area contributed by atoms with Crippen LogP contribution in [0, 0.1) is 17.7 Å². The third-order valence-electron chi connectivity index (χ3n) is 8.13. The Labute approximate surface area is 200 Å². The number of pyridine rings is 1. The van der Waals surface area contributed by atoms with Crippen molar-refractivity contribution < 1.29 is 28.9 Å². The number of amides is 2. The molecule has 0 radical (unpaired) electrons. The van der Waals surface area contributed by atoms with Crippen molar-refractivity contribution in [3.8, 4) is 5.75 Å². The van der Waals surface area contributed by atoms with Crippen LogP contribution in [-0.2, 0) is 16.9 Å². The summed E-state index contributed by atoms with van der Waals surface area (Å²) in [5, 5.41) is 22.2. The summed E-state index contributed by atoms with van der Waals surface area (Å²) >= 11 is 0. The second kappa shape index (κ2) is 7.63. The Hall–Kier alpha value is -3.24. The van der Waals surface area contributed by atoms with Crippen molar-refractivity contribution in [2.24, 2.45) is 11.8 Å². The number of aliphatic hydroxyl groups excluding tert-OH is 1. The number of β-amino-alcohol motifs (C(OH)–C–C–N with tert-alkyl or cyclic N) is 1. The largest absolute Gasteiger partial charge is 0.502 e. The van der Waals surface area contributed by atoms with Gasteiger partial charge in [-0.2, -0.15) is 0 Å². The number of aromatic hydroxyl groups is 1. The van der Waals surface area contributed by atoms with Crippen LogP contribution in [0.4, 0.5) is 4.39 Å². The fourth-order valence-electron chi connectivity index (χ4n) is 6.52. The minimum Gasteiger partial charge on any atom is -0.502 e. The average molecular weight is 483 g/mol. The number of ether oxygens (including phenoxy) is 1. The first-order chi connectivity index (χ1) is 16.8. The Bertz CT molecular complexity index is 1310. The molecule has 1 spiro atoms. The van der Waals surface area contributed by atoms with Crippen molar-refractivity contribution in [3.63, 3.8) is 0 Å². The van der Waals surface area contributed by atoms with Gasteiger partial charge in [0.05, 0.1) is 24.8 Å². The van der Waals surface area contributed by atoms with Gasteiger partial charge in [0.1, 0.15) is 17.2 Å². The molecule has 10 heteroatoms. The molecule has 2 saturated carbocycles. The van der Waals surface area contributed by atoms with Crippen LogP contribution in [0.25, 0.3) is 0 Å². The number of nitrogens with zero attached hydrogens (tertiary/aromatic N) is 3. The van der Waals surface area contributed by atoms with Crippen LogP contribution >= 0.6 is 0 Å². The number of hydrogen-bond acceptors (Lipinski definition) is 6. The molecule has 2 aromatic rings. The molecule has 184 valence electrons. The van der Waals surface area contributed by atoms with Crippen LogP contribution in [0.2, 0.25) is 0 Å². The van der Waals surface area contributed by atoms with Crippen LogP contribution in [0.5, 0.6) is 5.75 Å². The summed E-state index contributed by atoms with van der Waals surface area (Å²) < 4.78 is 19.9. The van der Waals surface area contributed by atoms with E-state index in [-0.39, 0.29) is 49.0 Å². The van der Waals surface area contributed by atoms with Gasteiger partial charge in [-0.25, -0.2) is 4.39 Å². The smallest absolute Gasteiger partial charge is 0.296 e. The molecule has 2 aliphatic heterocycles. The number of aromatic nitrogens is 1. The minimum atomic E-state index is -1.28. The number of hydrogen-bond donors (Lipinski definition) is 2. The summed E-state index contributed by atoms with van der Waals surface area (Å²) in [6.07, 6.45) is 1.03. The Kier molecular flexibility index (Phi) is 4.85. The van der Waals surface area contributed by atoms with E-state index in [1.807, 2.05) is 0 Å². The minimum absolute atomic E-state index is 0.00580. The van der Waals surface area contributed by atoms with Gasteiger partial charge in [-0.05, 0) is 42.9 Å². The molecule has 2 fully saturated rings. The number of halogens is 1. The van der Waals surface area contributed by atoms with Crippen molar-refractivity contribution in [1.82, 2.24) is 14.4 Å². The van der Waals surface area contributed by atoms with Crippen LogP contribution in [0.15, 0.2) is 29.1 Å². The first kappa shape index (κ1) is 22.2. The highest BCUT2D eigenvalue weighted by Gasteiger charge is 2.67. The topological polar surface area (TPSA) is 112 Å². The number of methoxy groups -OCH3 is 1. The van der Waals surface area contributed by atoms with Crippen LogP contribution in [0.3, 0.4) is 0 Å². The quantitative estimate of drug-likeness (QED) is 0.668. The van der Waals surface area contributed by atoms with E-state index in [0.717, 1.165) is 12.8 Å². The average Bonchev–Trinajstić information content (AvgIpc) is 3.48. The molecule has 0 saturated heterocycles. The second-order valence-corrected chi connectivity index (χ2v) is 9.92. The highest BCUT2D eigenvalue weighted by molar-refractivity contribution is 6.05. The summed E-state index contributed by atoms with van der Waals surface area (Å²) in [4.78, 5) is 43.7. The lowest BCUT2D eigenvalue weighted by atomic mass is 9.93. The van der Waals surface area contributed by atoms with E-state index in [4.69, 9.17) is 4.74 Å². The maximum Gasteiger partial charge on any atom is 0.296 e. The zero-order valence-electron chi connectivity index (χ0n) is 19.2. The van der Waals surface area contributed by atoms with Gasteiger partial charge in [0, 0.05) is 31.7 Å². The highest BCUT2D eigenvalue weighted by atomic mass is 19.1. The molecule has 0 bridgehead atoms. The van der Waals surface area contributed by atoms with Crippen molar-refractivity contribution in [3.05, 3.63) is 62.8 Å². The standard InChI is InChI=1S/C25H26FN3O6/c1-35-9-8-28-23(33)20-18-17(30)12-27(11-13-2-4-15(26)5-3-13)22(32)19(18)21(31)24(34)29(20)25(28)7-6-14-10-16(14)25/h2-5,14,16-17,30-31H,6-12H2,1H3/t14-,16+,17?,25?/m1/s1. The lowest BCUT2D eigenvalue weighted by Gasteiger charge is -2.38. The first-order valence-corrected chi connectivity index (χ1v) is 11.8. The normalized spacial score (nSPS) is 28.5. The number of aliphatic hydroxyl groups is 1. The molecule has 6 rings (SSSR count). The second-order valence-electron chi connectivity index (χ2n) is 9.92. The van der Waals surface area contributed by atoms with Gasteiger partial charge >= 0.3 is 0 Å². The number of carbonyl (C=O) groups excluding carboxylic acids is 2. The Balaban J connectivity index is 1.49. The Morgan fingerprint density at radius 3 is 2.54 bits per heavy atom. The monoisotopic (exact) mass is 483 g/mol. The van der Waals surface area contributed by atoms with Crippen molar-refractivity contribution in [1.29, 1.82) is 0 Å². The zero-order valence-corrected chi connectivity index (χ0v) is 19.2. The Morgan fingerprint density at radius 2 is 1.91 bits per heavy atom. The first-order valence-electron chi connectivity index (χ1n) is 11.8. The molecule has 2 amide bonds. The van der Waals surface area contributed by atoms with Gasteiger partial charge < -0.3 is 24.7 Å². The van der Waals surface area contributed by atoms with E-state index in [0.29, 0.717) is 17.9 Å². The van der Waals surface area contributed by atoms with E-state index in [1.165, 1.54) is 40.8 Å². The molecule has 4 aliphatic rings. The highest BCUT2D eigenvalue weighted by Crippen LogP contribution is 2.64. The van der Waals surface area contributed by atoms with E-state index in [1.54, 1.807) is 4.90 Å². The van der Waals surface area contributed by atoms with Crippen molar-refractivity contribution in [2.75, 3.05) is 26.8 Å². The van der Waals surface area contributed by atoms with Gasteiger partial charge in [0.25, 0.3) is 17.4 Å². The maximum atomic E-state index is 13.8. The molecular weight excluding hydrogens is 457 g/mol. The molecular formula is C25H26FN3O6. The van der Waals surface area contributed by atoms with Gasteiger partial charge in [0.15, 0.2) is 5.75 Å². The molecule has 2 unspecified atom stereocenters. The molecule has 3 heterocycles. The number of fused-ring (bicyclic) bond motifs is 6. The summed E-state index contributed by atoms with van der Waals surface area (Å²) in [6, 6.07) is 5.58. The third-order valence-corrected chi connectivity index (χ3v) is 8.13. The van der Waals surface area contributed by atoms with Gasteiger partial charge in [-0.15, -0.1) is 0 Å². The van der Waals surface area contributed by atoms with E-state index in [2.05, 4.69) is 0 Å². The molecule has 35 heavy (non-hydrogen) atoms.